The summed E-state index contributed by atoms with van der Waals surface area (Å²) in [5, 5.41) is 4.85. The molecule has 0 spiro atoms. The number of carbonyl (C=O) groups is 1. The molecule has 0 bridgehead atoms. The second kappa shape index (κ2) is 7.82. The van der Waals surface area contributed by atoms with E-state index in [0.29, 0.717) is 29.4 Å². The van der Waals surface area contributed by atoms with Crippen LogP contribution in [-0.4, -0.2) is 21.9 Å². The van der Waals surface area contributed by atoms with Gasteiger partial charge in [-0.05, 0) is 48.9 Å². The number of rotatable bonds is 6. The van der Waals surface area contributed by atoms with Gasteiger partial charge in [0.2, 0.25) is 0 Å². The first-order valence-electron chi connectivity index (χ1n) is 8.91. The van der Waals surface area contributed by atoms with Gasteiger partial charge in [-0.3, -0.25) is 9.20 Å². The molecule has 0 saturated heterocycles. The Kier molecular flexibility index (Phi) is 5.08. The normalized spacial score (nSPS) is 10.9. The number of aromatic nitrogens is 2. The number of thiazole rings is 1. The topological polar surface area (TPSA) is 55.6 Å². The Morgan fingerprint density at radius 3 is 2.86 bits per heavy atom. The molecule has 2 aromatic heterocycles. The summed E-state index contributed by atoms with van der Waals surface area (Å²) in [6.07, 6.45) is 2.74. The lowest BCUT2D eigenvalue weighted by Gasteiger charge is -2.09. The van der Waals surface area contributed by atoms with Gasteiger partial charge in [0.15, 0.2) is 4.96 Å². The van der Waals surface area contributed by atoms with Crippen molar-refractivity contribution in [3.05, 3.63) is 71.5 Å². The molecule has 0 unspecified atom stereocenters. The zero-order chi connectivity index (χ0) is 19.5. The Morgan fingerprint density at radius 1 is 1.25 bits per heavy atom. The van der Waals surface area contributed by atoms with Crippen LogP contribution in [0.3, 0.4) is 0 Å². The number of anilines is 1. The minimum absolute atomic E-state index is 0.265. The fraction of sp³-hybridized carbons (Fsp3) is 0.143. The molecule has 1 amide bonds. The number of halogens is 1. The molecule has 0 aliphatic rings. The minimum Gasteiger partial charge on any atom is -0.494 e. The maximum absolute atomic E-state index is 13.3. The van der Waals surface area contributed by atoms with Crippen molar-refractivity contribution >= 4 is 28.0 Å². The van der Waals surface area contributed by atoms with Crippen LogP contribution in [0.4, 0.5) is 10.2 Å². The van der Waals surface area contributed by atoms with E-state index in [9.17, 15) is 9.18 Å². The highest BCUT2D eigenvalue weighted by molar-refractivity contribution is 7.15. The quantitative estimate of drug-likeness (QED) is 0.486. The monoisotopic (exact) mass is 395 g/mol. The summed E-state index contributed by atoms with van der Waals surface area (Å²) in [5.41, 5.74) is 1.81. The number of hydrogen-bond acceptors (Lipinski definition) is 4. The molecule has 2 aromatic carbocycles. The molecule has 142 valence electrons. The van der Waals surface area contributed by atoms with E-state index in [0.717, 1.165) is 16.9 Å². The average molecular weight is 395 g/mol. The summed E-state index contributed by atoms with van der Waals surface area (Å²) < 4.78 is 20.7. The van der Waals surface area contributed by atoms with Gasteiger partial charge in [0, 0.05) is 22.7 Å². The summed E-state index contributed by atoms with van der Waals surface area (Å²) in [4.78, 5) is 18.2. The Labute approximate surface area is 165 Å². The molecule has 0 radical (unpaired) electrons. The van der Waals surface area contributed by atoms with Gasteiger partial charge in [0.1, 0.15) is 23.1 Å². The Bertz CT molecular complexity index is 1120. The molecule has 4 aromatic rings. The Balaban J connectivity index is 1.67. The number of imidazole rings is 1. The lowest BCUT2D eigenvalue weighted by Crippen LogP contribution is -2.14. The van der Waals surface area contributed by atoms with Gasteiger partial charge < -0.3 is 10.1 Å². The van der Waals surface area contributed by atoms with Crippen molar-refractivity contribution in [2.24, 2.45) is 0 Å². The first-order chi connectivity index (χ1) is 13.7. The summed E-state index contributed by atoms with van der Waals surface area (Å²) >= 11 is 1.46. The van der Waals surface area contributed by atoms with Crippen molar-refractivity contribution in [3.8, 4) is 17.0 Å². The van der Waals surface area contributed by atoms with Crippen molar-refractivity contribution in [2.75, 3.05) is 11.9 Å². The number of nitrogens with zero attached hydrogens (tertiary/aromatic N) is 2. The van der Waals surface area contributed by atoms with Crippen LogP contribution < -0.4 is 10.1 Å². The van der Waals surface area contributed by atoms with Gasteiger partial charge in [0.25, 0.3) is 5.91 Å². The van der Waals surface area contributed by atoms with Gasteiger partial charge in [-0.15, -0.1) is 11.3 Å². The summed E-state index contributed by atoms with van der Waals surface area (Å²) in [6.45, 7) is 2.62. The Morgan fingerprint density at radius 2 is 2.07 bits per heavy atom. The van der Waals surface area contributed by atoms with Crippen molar-refractivity contribution in [3.63, 3.8) is 0 Å². The van der Waals surface area contributed by atoms with E-state index in [1.165, 1.54) is 23.5 Å². The van der Waals surface area contributed by atoms with Crippen LogP contribution in [0.2, 0.25) is 0 Å². The predicted octanol–water partition coefficient (Wildman–Crippen LogP) is 5.24. The highest BCUT2D eigenvalue weighted by Crippen LogP contribution is 2.31. The largest absolute Gasteiger partial charge is 0.494 e. The zero-order valence-corrected chi connectivity index (χ0v) is 16.0. The molecule has 0 aliphatic heterocycles. The second-order valence-electron chi connectivity index (χ2n) is 6.20. The number of carbonyl (C=O) groups excluding carboxylic acids is 1. The molecule has 28 heavy (non-hydrogen) atoms. The number of hydrogen-bond donors (Lipinski definition) is 1. The third-order valence-corrected chi connectivity index (χ3v) is 4.94. The molecule has 0 atom stereocenters. The van der Waals surface area contributed by atoms with E-state index in [1.807, 2.05) is 29.0 Å². The van der Waals surface area contributed by atoms with Crippen molar-refractivity contribution in [2.45, 2.75) is 13.3 Å². The highest BCUT2D eigenvalue weighted by Gasteiger charge is 2.18. The van der Waals surface area contributed by atoms with Crippen LogP contribution in [0.15, 0.2) is 60.1 Å². The third-order valence-electron chi connectivity index (χ3n) is 4.18. The molecule has 5 nitrogen and oxygen atoms in total. The predicted molar refractivity (Wildman–Crippen MR) is 109 cm³/mol. The number of nitrogens with one attached hydrogen (secondary N) is 1. The summed E-state index contributed by atoms with van der Waals surface area (Å²) in [6, 6.07) is 13.1. The van der Waals surface area contributed by atoms with E-state index in [1.54, 1.807) is 30.3 Å². The number of fused-ring (bicyclic) bond motifs is 1. The molecule has 0 fully saturated rings. The lowest BCUT2D eigenvalue weighted by molar-refractivity contribution is 0.102. The number of ether oxygens (including phenoxy) is 1. The molecule has 7 heteroatoms. The van der Waals surface area contributed by atoms with Crippen LogP contribution >= 0.6 is 11.3 Å². The van der Waals surface area contributed by atoms with Crippen molar-refractivity contribution in [1.82, 2.24) is 9.38 Å². The van der Waals surface area contributed by atoms with Crippen molar-refractivity contribution < 1.29 is 13.9 Å². The zero-order valence-electron chi connectivity index (χ0n) is 15.2. The fourth-order valence-corrected chi connectivity index (χ4v) is 3.55. The maximum Gasteiger partial charge on any atom is 0.256 e. The minimum atomic E-state index is -0.320. The van der Waals surface area contributed by atoms with E-state index in [2.05, 4.69) is 10.3 Å². The summed E-state index contributed by atoms with van der Waals surface area (Å²) in [7, 11) is 0. The van der Waals surface area contributed by atoms with E-state index < -0.39 is 0 Å². The second-order valence-corrected chi connectivity index (χ2v) is 7.07. The molecule has 1 N–H and O–H groups in total. The number of amides is 1. The van der Waals surface area contributed by atoms with Crippen LogP contribution in [-0.2, 0) is 0 Å². The molecule has 0 aliphatic carbocycles. The summed E-state index contributed by atoms with van der Waals surface area (Å²) in [5.74, 6) is 0.618. The highest BCUT2D eigenvalue weighted by atomic mass is 32.1. The van der Waals surface area contributed by atoms with Crippen LogP contribution in [0.25, 0.3) is 16.2 Å². The molecule has 0 saturated carbocycles. The van der Waals surface area contributed by atoms with Crippen LogP contribution in [0.5, 0.6) is 5.75 Å². The first-order valence-corrected chi connectivity index (χ1v) is 9.79. The van der Waals surface area contributed by atoms with E-state index in [-0.39, 0.29) is 11.7 Å². The van der Waals surface area contributed by atoms with E-state index in [4.69, 9.17) is 4.74 Å². The van der Waals surface area contributed by atoms with Crippen LogP contribution in [0, 0.1) is 5.82 Å². The number of benzene rings is 2. The fourth-order valence-electron chi connectivity index (χ4n) is 2.84. The molecular formula is C21H18FN3O2S. The molecule has 4 rings (SSSR count). The van der Waals surface area contributed by atoms with Crippen molar-refractivity contribution in [1.29, 1.82) is 0 Å². The Hall–Kier alpha value is -3.19. The lowest BCUT2D eigenvalue weighted by atomic mass is 10.1. The maximum atomic E-state index is 13.3. The SMILES string of the molecule is CCCOc1cccc(C(=O)Nc2c(-c3ccc(F)cc3)nc3sccn23)c1. The van der Waals surface area contributed by atoms with Gasteiger partial charge in [-0.1, -0.05) is 13.0 Å². The van der Waals surface area contributed by atoms with Gasteiger partial charge in [-0.2, -0.15) is 0 Å². The van der Waals surface area contributed by atoms with Gasteiger partial charge >= 0.3 is 0 Å². The standard InChI is InChI=1S/C21H18FN3O2S/c1-2-11-27-17-5-3-4-15(13-17)20(26)24-19-18(14-6-8-16(22)9-7-14)23-21-25(19)10-12-28-21/h3-10,12-13H,2,11H2,1H3,(H,24,26). The molecular weight excluding hydrogens is 377 g/mol. The van der Waals surface area contributed by atoms with E-state index >= 15 is 0 Å². The molecule has 2 heterocycles. The first kappa shape index (κ1) is 18.2. The van der Waals surface area contributed by atoms with Crippen LogP contribution in [0.1, 0.15) is 23.7 Å². The van der Waals surface area contributed by atoms with Gasteiger partial charge in [0.05, 0.1) is 6.61 Å². The third kappa shape index (κ3) is 3.61. The van der Waals surface area contributed by atoms with Gasteiger partial charge in [-0.25, -0.2) is 9.37 Å². The smallest absolute Gasteiger partial charge is 0.256 e. The average Bonchev–Trinajstić information content (AvgIpc) is 3.30.